The van der Waals surface area contributed by atoms with Crippen LogP contribution in [0, 0.1) is 3.57 Å². The Labute approximate surface area is 94.9 Å². The summed E-state index contributed by atoms with van der Waals surface area (Å²) in [6.07, 6.45) is 0. The van der Waals surface area contributed by atoms with Gasteiger partial charge in [-0.15, -0.1) is 0 Å². The van der Waals surface area contributed by atoms with Crippen LogP contribution in [-0.2, 0) is 0 Å². The predicted molar refractivity (Wildman–Crippen MR) is 60.1 cm³/mol. The number of aliphatic hydroxyl groups excluding tert-OH is 1. The van der Waals surface area contributed by atoms with Crippen molar-refractivity contribution in [3.63, 3.8) is 0 Å². The van der Waals surface area contributed by atoms with Gasteiger partial charge in [0.05, 0.1) is 18.2 Å². The Morgan fingerprint density at radius 3 is 2.71 bits per heavy atom. The summed E-state index contributed by atoms with van der Waals surface area (Å²) in [5.41, 5.74) is 6.41. The molecule has 1 aromatic carbocycles. The van der Waals surface area contributed by atoms with Crippen molar-refractivity contribution in [1.29, 1.82) is 0 Å². The van der Waals surface area contributed by atoms with E-state index in [-0.39, 0.29) is 12.2 Å². The van der Waals surface area contributed by atoms with Crippen LogP contribution < -0.4 is 5.73 Å². The van der Waals surface area contributed by atoms with E-state index in [1.807, 2.05) is 22.6 Å². The Morgan fingerprint density at radius 1 is 1.57 bits per heavy atom. The third-order valence-corrected chi connectivity index (χ3v) is 2.79. The van der Waals surface area contributed by atoms with Gasteiger partial charge in [0.2, 0.25) is 0 Å². The number of aliphatic hydroxyl groups is 1. The van der Waals surface area contributed by atoms with Gasteiger partial charge in [-0.2, -0.15) is 0 Å². The van der Waals surface area contributed by atoms with Crippen LogP contribution in [0.15, 0.2) is 18.2 Å². The highest BCUT2D eigenvalue weighted by atomic mass is 127. The molecular weight excluding hydrogens is 297 g/mol. The second kappa shape index (κ2) is 4.72. The zero-order valence-electron chi connectivity index (χ0n) is 7.27. The minimum atomic E-state index is -0.985. The van der Waals surface area contributed by atoms with Gasteiger partial charge in [0.15, 0.2) is 0 Å². The molecule has 0 fully saturated rings. The molecule has 0 amide bonds. The van der Waals surface area contributed by atoms with Crippen LogP contribution in [0.5, 0.6) is 0 Å². The van der Waals surface area contributed by atoms with Crippen LogP contribution in [0.2, 0.25) is 0 Å². The molecule has 4 nitrogen and oxygen atoms in total. The van der Waals surface area contributed by atoms with Gasteiger partial charge in [0.1, 0.15) is 0 Å². The molecule has 14 heavy (non-hydrogen) atoms. The van der Waals surface area contributed by atoms with Crippen molar-refractivity contribution >= 4 is 28.6 Å². The number of aromatic carboxylic acids is 1. The summed E-state index contributed by atoms with van der Waals surface area (Å²) in [4.78, 5) is 10.8. The summed E-state index contributed by atoms with van der Waals surface area (Å²) in [7, 11) is 0. The van der Waals surface area contributed by atoms with E-state index in [9.17, 15) is 4.79 Å². The lowest BCUT2D eigenvalue weighted by Crippen LogP contribution is -2.15. The van der Waals surface area contributed by atoms with Gasteiger partial charge in [0.25, 0.3) is 0 Å². The molecule has 0 aliphatic carbocycles. The zero-order valence-corrected chi connectivity index (χ0v) is 9.43. The normalized spacial score (nSPS) is 12.5. The van der Waals surface area contributed by atoms with Gasteiger partial charge < -0.3 is 15.9 Å². The second-order valence-electron chi connectivity index (χ2n) is 2.83. The maximum Gasteiger partial charge on any atom is 0.336 e. The fourth-order valence-corrected chi connectivity index (χ4v) is 1.61. The van der Waals surface area contributed by atoms with Crippen molar-refractivity contribution < 1.29 is 15.0 Å². The average Bonchev–Trinajstić information content (AvgIpc) is 2.17. The van der Waals surface area contributed by atoms with E-state index in [1.54, 1.807) is 12.1 Å². The third-order valence-electron chi connectivity index (χ3n) is 1.85. The first-order valence-electron chi connectivity index (χ1n) is 3.95. The first-order valence-corrected chi connectivity index (χ1v) is 5.03. The van der Waals surface area contributed by atoms with Crippen molar-refractivity contribution in [3.05, 3.63) is 32.9 Å². The number of carboxylic acid groups (broad SMARTS) is 1. The van der Waals surface area contributed by atoms with E-state index in [4.69, 9.17) is 15.9 Å². The summed E-state index contributed by atoms with van der Waals surface area (Å²) >= 11 is 1.94. The minimum Gasteiger partial charge on any atom is -0.478 e. The lowest BCUT2D eigenvalue weighted by molar-refractivity contribution is 0.0695. The SMILES string of the molecule is NC(CO)c1ccc(I)c(C(=O)O)c1. The van der Waals surface area contributed by atoms with Gasteiger partial charge in [-0.1, -0.05) is 6.07 Å². The van der Waals surface area contributed by atoms with E-state index in [0.29, 0.717) is 9.13 Å². The Hall–Kier alpha value is -0.660. The number of halogens is 1. The standard InChI is InChI=1S/C9H10INO3/c10-7-2-1-5(8(11)4-12)3-6(7)9(13)14/h1-3,8,12H,4,11H2,(H,13,14). The maximum atomic E-state index is 10.8. The summed E-state index contributed by atoms with van der Waals surface area (Å²) < 4.78 is 0.656. The third kappa shape index (κ3) is 2.43. The summed E-state index contributed by atoms with van der Waals surface area (Å²) in [5, 5.41) is 17.6. The lowest BCUT2D eigenvalue weighted by atomic mass is 10.1. The number of hydrogen-bond donors (Lipinski definition) is 3. The number of hydrogen-bond acceptors (Lipinski definition) is 3. The van der Waals surface area contributed by atoms with Crippen LogP contribution in [0.1, 0.15) is 22.0 Å². The van der Waals surface area contributed by atoms with Crippen LogP contribution >= 0.6 is 22.6 Å². The highest BCUT2D eigenvalue weighted by molar-refractivity contribution is 14.1. The first-order chi connectivity index (χ1) is 6.56. The average molecular weight is 307 g/mol. The summed E-state index contributed by atoms with van der Waals surface area (Å²) in [5.74, 6) is -0.985. The van der Waals surface area contributed by atoms with Gasteiger partial charge >= 0.3 is 5.97 Å². The van der Waals surface area contributed by atoms with Gasteiger partial charge in [-0.3, -0.25) is 0 Å². The van der Waals surface area contributed by atoms with Crippen molar-refractivity contribution in [2.45, 2.75) is 6.04 Å². The molecule has 0 saturated heterocycles. The Balaban J connectivity index is 3.12. The number of carbonyl (C=O) groups is 1. The smallest absolute Gasteiger partial charge is 0.336 e. The van der Waals surface area contributed by atoms with Crippen LogP contribution in [0.4, 0.5) is 0 Å². The van der Waals surface area contributed by atoms with E-state index >= 15 is 0 Å². The number of benzene rings is 1. The van der Waals surface area contributed by atoms with E-state index in [2.05, 4.69) is 0 Å². The molecule has 1 atom stereocenters. The van der Waals surface area contributed by atoms with Crippen LogP contribution in [0.25, 0.3) is 0 Å². The maximum absolute atomic E-state index is 10.8. The Kier molecular flexibility index (Phi) is 3.85. The molecule has 0 spiro atoms. The predicted octanol–water partition coefficient (Wildman–Crippen LogP) is 0.982. The molecule has 0 heterocycles. The highest BCUT2D eigenvalue weighted by Crippen LogP contribution is 2.18. The topological polar surface area (TPSA) is 83.5 Å². The first kappa shape index (κ1) is 11.4. The Morgan fingerprint density at radius 2 is 2.21 bits per heavy atom. The minimum absolute atomic E-state index is 0.195. The molecule has 0 aromatic heterocycles. The van der Waals surface area contributed by atoms with Crippen LogP contribution in [0.3, 0.4) is 0 Å². The molecule has 0 saturated carbocycles. The van der Waals surface area contributed by atoms with Gasteiger partial charge in [-0.25, -0.2) is 4.79 Å². The van der Waals surface area contributed by atoms with Gasteiger partial charge in [0, 0.05) is 3.57 Å². The van der Waals surface area contributed by atoms with Gasteiger partial charge in [-0.05, 0) is 40.3 Å². The molecule has 0 bridgehead atoms. The molecule has 4 N–H and O–H groups in total. The molecule has 5 heteroatoms. The quantitative estimate of drug-likeness (QED) is 0.727. The van der Waals surface area contributed by atoms with Crippen LogP contribution in [-0.4, -0.2) is 22.8 Å². The number of carboxylic acids is 1. The second-order valence-corrected chi connectivity index (χ2v) is 4.00. The molecule has 1 rings (SSSR count). The number of rotatable bonds is 3. The zero-order chi connectivity index (χ0) is 10.7. The molecular formula is C9H10INO3. The molecule has 0 radical (unpaired) electrons. The number of nitrogens with two attached hydrogens (primary N) is 1. The molecule has 0 aliphatic heterocycles. The largest absolute Gasteiger partial charge is 0.478 e. The lowest BCUT2D eigenvalue weighted by Gasteiger charge is -2.09. The van der Waals surface area contributed by atoms with Crippen molar-refractivity contribution in [3.8, 4) is 0 Å². The van der Waals surface area contributed by atoms with Crippen molar-refractivity contribution in [2.75, 3.05) is 6.61 Å². The highest BCUT2D eigenvalue weighted by Gasteiger charge is 2.11. The fraction of sp³-hybridized carbons (Fsp3) is 0.222. The van der Waals surface area contributed by atoms with E-state index in [1.165, 1.54) is 6.07 Å². The molecule has 76 valence electrons. The molecule has 0 aliphatic rings. The summed E-state index contributed by atoms with van der Waals surface area (Å²) in [6.45, 7) is -0.195. The monoisotopic (exact) mass is 307 g/mol. The van der Waals surface area contributed by atoms with E-state index < -0.39 is 12.0 Å². The molecule has 1 aromatic rings. The van der Waals surface area contributed by atoms with E-state index in [0.717, 1.165) is 0 Å². The van der Waals surface area contributed by atoms with Crippen molar-refractivity contribution in [1.82, 2.24) is 0 Å². The molecule has 1 unspecified atom stereocenters. The summed E-state index contributed by atoms with van der Waals surface area (Å²) in [6, 6.07) is 4.36. The Bertz CT molecular complexity index is 354. The fourth-order valence-electron chi connectivity index (χ4n) is 1.04. The van der Waals surface area contributed by atoms with Crippen molar-refractivity contribution in [2.24, 2.45) is 5.73 Å².